The predicted octanol–water partition coefficient (Wildman–Crippen LogP) is 5.14. The molecule has 3 aliphatic heterocycles. The largest absolute Gasteiger partial charge is 0.385 e. The molecule has 6 rings (SSSR count). The van der Waals surface area contributed by atoms with E-state index in [9.17, 15) is 4.79 Å². The highest BCUT2D eigenvalue weighted by molar-refractivity contribution is 6.36. The maximum atomic E-state index is 12.3. The van der Waals surface area contributed by atoms with Gasteiger partial charge < -0.3 is 19.3 Å². The zero-order valence-corrected chi connectivity index (χ0v) is 27.3. The number of benzene rings is 1. The van der Waals surface area contributed by atoms with Crippen molar-refractivity contribution in [2.75, 3.05) is 64.6 Å². The average Bonchev–Trinajstić information content (AvgIpc) is 3.64. The van der Waals surface area contributed by atoms with Crippen molar-refractivity contribution in [2.24, 2.45) is 0 Å². The molecule has 0 unspecified atom stereocenters. The number of piperazine rings is 1. The van der Waals surface area contributed by atoms with Crippen molar-refractivity contribution < 1.29 is 14.3 Å². The van der Waals surface area contributed by atoms with Crippen LogP contribution in [0.1, 0.15) is 56.3 Å². The summed E-state index contributed by atoms with van der Waals surface area (Å²) in [6.45, 7) is 16.7. The lowest BCUT2D eigenvalue weighted by Crippen LogP contribution is -2.64. The van der Waals surface area contributed by atoms with Gasteiger partial charge in [0, 0.05) is 87.9 Å². The molecule has 3 aliphatic rings. The van der Waals surface area contributed by atoms with Crippen LogP contribution in [0.2, 0.25) is 5.02 Å². The summed E-state index contributed by atoms with van der Waals surface area (Å²) < 4.78 is 13.6. The number of carbonyl (C=O) groups excluding carboxylic acids is 1. The third-order valence-electron chi connectivity index (χ3n) is 10.2. The van der Waals surface area contributed by atoms with Gasteiger partial charge in [-0.1, -0.05) is 18.2 Å². The number of nitrogens with zero attached hydrogens (tertiary/aromatic N) is 6. The van der Waals surface area contributed by atoms with Crippen molar-refractivity contribution >= 4 is 34.2 Å². The molecule has 10 nitrogen and oxygen atoms in total. The number of aromatic nitrogens is 4. The van der Waals surface area contributed by atoms with Gasteiger partial charge in [0.05, 0.1) is 28.3 Å². The lowest BCUT2D eigenvalue weighted by Gasteiger charge is -2.52. The van der Waals surface area contributed by atoms with Gasteiger partial charge in [0.2, 0.25) is 5.91 Å². The third kappa shape index (κ3) is 5.66. The zero-order valence-electron chi connectivity index (χ0n) is 26.6. The molecule has 44 heavy (non-hydrogen) atoms. The van der Waals surface area contributed by atoms with Crippen LogP contribution in [0.15, 0.2) is 24.9 Å². The number of likely N-dealkylation sites (tertiary alicyclic amines) is 1. The monoisotopic (exact) mass is 623 g/mol. The Morgan fingerprint density at radius 2 is 1.91 bits per heavy atom. The molecule has 1 atom stereocenters. The van der Waals surface area contributed by atoms with Crippen LogP contribution in [0, 0.1) is 13.8 Å². The Kier molecular flexibility index (Phi) is 9.06. The number of halogens is 1. The molecule has 3 fully saturated rings. The molecular formula is C33H46ClN7O3. The van der Waals surface area contributed by atoms with Crippen LogP contribution in [-0.4, -0.2) is 107 Å². The molecule has 1 N–H and O–H groups in total. The van der Waals surface area contributed by atoms with Gasteiger partial charge in [-0.05, 0) is 70.6 Å². The smallest absolute Gasteiger partial charge is 0.245 e. The number of nitrogens with one attached hydrogen (secondary N) is 1. The fourth-order valence-electron chi connectivity index (χ4n) is 7.61. The van der Waals surface area contributed by atoms with Gasteiger partial charge in [0.25, 0.3) is 0 Å². The first kappa shape index (κ1) is 31.1. The van der Waals surface area contributed by atoms with Gasteiger partial charge in [-0.3, -0.25) is 19.5 Å². The number of aromatic amines is 1. The van der Waals surface area contributed by atoms with E-state index in [2.05, 4.69) is 51.2 Å². The molecule has 3 aromatic rings. The fourth-order valence-corrected chi connectivity index (χ4v) is 7.86. The third-order valence-corrected chi connectivity index (χ3v) is 10.6. The molecule has 11 heteroatoms. The number of H-pyrrole nitrogens is 1. The minimum Gasteiger partial charge on any atom is -0.385 e. The molecule has 238 valence electrons. The quantitative estimate of drug-likeness (QED) is 0.347. The van der Waals surface area contributed by atoms with E-state index in [-0.39, 0.29) is 17.5 Å². The summed E-state index contributed by atoms with van der Waals surface area (Å²) in [6.07, 6.45) is 7.98. The number of aryl methyl sites for hydroxylation is 1. The highest BCUT2D eigenvalue weighted by atomic mass is 35.5. The molecule has 3 saturated heterocycles. The van der Waals surface area contributed by atoms with Gasteiger partial charge in [-0.15, -0.1) is 0 Å². The number of piperidine rings is 1. The summed E-state index contributed by atoms with van der Waals surface area (Å²) in [5, 5.41) is 14.8. The van der Waals surface area contributed by atoms with Crippen LogP contribution in [0.5, 0.6) is 0 Å². The first-order chi connectivity index (χ1) is 21.3. The van der Waals surface area contributed by atoms with E-state index < -0.39 is 0 Å². The Labute approximate surface area is 265 Å². The number of hydrogen-bond donors (Lipinski definition) is 1. The Hall–Kier alpha value is -2.92. The van der Waals surface area contributed by atoms with Crippen molar-refractivity contribution in [3.8, 4) is 11.1 Å². The van der Waals surface area contributed by atoms with E-state index >= 15 is 0 Å². The summed E-state index contributed by atoms with van der Waals surface area (Å²) in [5.74, 6) is 0.958. The Balaban J connectivity index is 1.46. The first-order valence-corrected chi connectivity index (χ1v) is 16.3. The number of anilines is 1. The summed E-state index contributed by atoms with van der Waals surface area (Å²) in [4.78, 5) is 19.4. The number of carbonyl (C=O) groups is 1. The van der Waals surface area contributed by atoms with Crippen molar-refractivity contribution in [1.82, 2.24) is 29.8 Å². The SMILES string of the molecule is C=CC(=O)N1CCC(n2nc(N3CCN(C4CCOCC4)C[C@]3(C)CCOC)c(-c3c(Cl)c(C)cc4[nH]ncc34)c2C)CC1. The van der Waals surface area contributed by atoms with E-state index in [0.29, 0.717) is 25.7 Å². The normalized spacial score (nSPS) is 22.7. The van der Waals surface area contributed by atoms with Crippen LogP contribution in [-0.2, 0) is 14.3 Å². The highest BCUT2D eigenvalue weighted by Gasteiger charge is 2.43. The molecular weight excluding hydrogens is 578 g/mol. The maximum absolute atomic E-state index is 12.3. The second kappa shape index (κ2) is 12.8. The number of ether oxygens (including phenoxy) is 2. The lowest BCUT2D eigenvalue weighted by molar-refractivity contribution is -0.127. The van der Waals surface area contributed by atoms with Crippen LogP contribution in [0.3, 0.4) is 0 Å². The van der Waals surface area contributed by atoms with Crippen molar-refractivity contribution in [3.05, 3.63) is 41.2 Å². The van der Waals surface area contributed by atoms with Crippen molar-refractivity contribution in [3.63, 3.8) is 0 Å². The second-order valence-corrected chi connectivity index (χ2v) is 13.3. The topological polar surface area (TPSA) is 91.8 Å². The van der Waals surface area contributed by atoms with Crippen LogP contribution in [0.25, 0.3) is 22.0 Å². The molecule has 2 aromatic heterocycles. The number of fused-ring (bicyclic) bond motifs is 1. The molecule has 0 aliphatic carbocycles. The zero-order chi connectivity index (χ0) is 31.0. The van der Waals surface area contributed by atoms with E-state index in [1.807, 2.05) is 18.0 Å². The van der Waals surface area contributed by atoms with Crippen LogP contribution >= 0.6 is 11.6 Å². The Morgan fingerprint density at radius 1 is 1.16 bits per heavy atom. The lowest BCUT2D eigenvalue weighted by atomic mass is 9.89. The van der Waals surface area contributed by atoms with Crippen LogP contribution in [0.4, 0.5) is 5.82 Å². The molecule has 0 bridgehead atoms. The molecule has 0 spiro atoms. The molecule has 5 heterocycles. The summed E-state index contributed by atoms with van der Waals surface area (Å²) in [7, 11) is 1.78. The molecule has 0 radical (unpaired) electrons. The Morgan fingerprint density at radius 3 is 2.61 bits per heavy atom. The minimum absolute atomic E-state index is 0.00721. The van der Waals surface area contributed by atoms with Crippen molar-refractivity contribution in [2.45, 2.75) is 70.5 Å². The van der Waals surface area contributed by atoms with E-state index in [1.54, 1.807) is 7.11 Å². The van der Waals surface area contributed by atoms with E-state index in [4.69, 9.17) is 26.2 Å². The van der Waals surface area contributed by atoms with Gasteiger partial charge >= 0.3 is 0 Å². The summed E-state index contributed by atoms with van der Waals surface area (Å²) in [5.41, 5.74) is 4.89. The number of rotatable bonds is 8. The van der Waals surface area contributed by atoms with Gasteiger partial charge in [-0.2, -0.15) is 10.2 Å². The first-order valence-electron chi connectivity index (χ1n) is 16.0. The predicted molar refractivity (Wildman–Crippen MR) is 175 cm³/mol. The maximum Gasteiger partial charge on any atom is 0.245 e. The summed E-state index contributed by atoms with van der Waals surface area (Å²) >= 11 is 7.20. The highest BCUT2D eigenvalue weighted by Crippen LogP contribution is 2.46. The fraction of sp³-hybridized carbons (Fsp3) is 0.606. The van der Waals surface area contributed by atoms with E-state index in [0.717, 1.165) is 109 Å². The number of methoxy groups -OCH3 is 1. The second-order valence-electron chi connectivity index (χ2n) is 12.9. The number of hydrogen-bond acceptors (Lipinski definition) is 7. The average molecular weight is 624 g/mol. The summed E-state index contributed by atoms with van der Waals surface area (Å²) in [6, 6.07) is 2.77. The molecule has 0 saturated carbocycles. The minimum atomic E-state index is -0.210. The van der Waals surface area contributed by atoms with Gasteiger partial charge in [0.15, 0.2) is 5.82 Å². The molecule has 1 aromatic carbocycles. The van der Waals surface area contributed by atoms with Crippen molar-refractivity contribution in [1.29, 1.82) is 0 Å². The van der Waals surface area contributed by atoms with Gasteiger partial charge in [0.1, 0.15) is 0 Å². The van der Waals surface area contributed by atoms with Gasteiger partial charge in [-0.25, -0.2) is 0 Å². The van der Waals surface area contributed by atoms with E-state index in [1.165, 1.54) is 6.08 Å². The number of amides is 1. The van der Waals surface area contributed by atoms with Crippen LogP contribution < -0.4 is 4.90 Å². The molecule has 1 amide bonds. The standard InChI is InChI=1S/C33H46ClN7O3/c1-6-28(42)38-12-7-25(8-13-38)41-23(3)29(30-26-20-35-36-27(26)19-22(2)31(30)34)32(37-41)40-15-14-39(24-9-16-44-17-10-24)21-33(40,4)11-18-43-5/h6,19-20,24-25H,1,7-18,21H2,2-5H3,(H,35,36)/t33-/m0/s1. The Bertz CT molecular complexity index is 1500.